The standard InChI is InChI=1S/C17H14ClNO/c1-12(20)16-11-19(10-13-5-3-2-4-6-13)17-8-7-14(18)9-15(16)17/h2-9,11H,10H2,1H3. The lowest BCUT2D eigenvalue weighted by atomic mass is 10.1. The van der Waals surface area contributed by atoms with E-state index in [1.807, 2.05) is 42.6 Å². The molecule has 0 saturated carbocycles. The van der Waals surface area contributed by atoms with Crippen LogP contribution in [0.2, 0.25) is 5.02 Å². The zero-order valence-corrected chi connectivity index (χ0v) is 11.9. The minimum atomic E-state index is 0.0593. The molecule has 1 heterocycles. The van der Waals surface area contributed by atoms with E-state index in [-0.39, 0.29) is 5.78 Å². The van der Waals surface area contributed by atoms with Gasteiger partial charge in [0.1, 0.15) is 0 Å². The molecule has 0 saturated heterocycles. The van der Waals surface area contributed by atoms with Gasteiger partial charge < -0.3 is 4.57 Å². The first-order valence-corrected chi connectivity index (χ1v) is 6.86. The summed E-state index contributed by atoms with van der Waals surface area (Å²) in [5, 5.41) is 1.57. The zero-order chi connectivity index (χ0) is 14.1. The van der Waals surface area contributed by atoms with Gasteiger partial charge in [-0.25, -0.2) is 0 Å². The van der Waals surface area contributed by atoms with Crippen molar-refractivity contribution in [2.24, 2.45) is 0 Å². The smallest absolute Gasteiger partial charge is 0.161 e. The van der Waals surface area contributed by atoms with Crippen LogP contribution < -0.4 is 0 Å². The summed E-state index contributed by atoms with van der Waals surface area (Å²) in [6, 6.07) is 15.9. The average molecular weight is 284 g/mol. The van der Waals surface area contributed by atoms with Gasteiger partial charge in [0.25, 0.3) is 0 Å². The van der Waals surface area contributed by atoms with Crippen molar-refractivity contribution in [1.29, 1.82) is 0 Å². The lowest BCUT2D eigenvalue weighted by molar-refractivity contribution is 0.101. The molecule has 0 spiro atoms. The lowest BCUT2D eigenvalue weighted by Crippen LogP contribution is -1.97. The van der Waals surface area contributed by atoms with Crippen molar-refractivity contribution in [1.82, 2.24) is 4.57 Å². The predicted molar refractivity (Wildman–Crippen MR) is 82.5 cm³/mol. The van der Waals surface area contributed by atoms with Crippen LogP contribution in [0.25, 0.3) is 10.9 Å². The molecule has 20 heavy (non-hydrogen) atoms. The Hall–Kier alpha value is -2.06. The summed E-state index contributed by atoms with van der Waals surface area (Å²) in [7, 11) is 0. The van der Waals surface area contributed by atoms with E-state index in [2.05, 4.69) is 16.7 Å². The van der Waals surface area contributed by atoms with Gasteiger partial charge in [-0.15, -0.1) is 0 Å². The van der Waals surface area contributed by atoms with Crippen molar-refractivity contribution in [2.45, 2.75) is 13.5 Å². The number of nitrogens with zero attached hydrogens (tertiary/aromatic N) is 1. The van der Waals surface area contributed by atoms with Crippen LogP contribution in [0.1, 0.15) is 22.8 Å². The monoisotopic (exact) mass is 283 g/mol. The van der Waals surface area contributed by atoms with Crippen LogP contribution in [0.15, 0.2) is 54.7 Å². The molecule has 0 aliphatic heterocycles. The number of rotatable bonds is 3. The Labute approximate surface area is 122 Å². The number of Topliss-reactive ketones (excluding diaryl/α,β-unsaturated/α-hetero) is 1. The van der Waals surface area contributed by atoms with Gasteiger partial charge in [0.15, 0.2) is 5.78 Å². The molecule has 100 valence electrons. The Kier molecular flexibility index (Phi) is 3.33. The fourth-order valence-corrected chi connectivity index (χ4v) is 2.63. The fourth-order valence-electron chi connectivity index (χ4n) is 2.46. The van der Waals surface area contributed by atoms with Crippen LogP contribution in [-0.4, -0.2) is 10.4 Å². The molecule has 0 amide bonds. The van der Waals surface area contributed by atoms with Gasteiger partial charge in [-0.1, -0.05) is 41.9 Å². The van der Waals surface area contributed by atoms with Crippen molar-refractivity contribution in [3.05, 3.63) is 70.9 Å². The first kappa shape index (κ1) is 12.9. The fraction of sp³-hybridized carbons (Fsp3) is 0.118. The largest absolute Gasteiger partial charge is 0.342 e. The van der Waals surface area contributed by atoms with E-state index in [1.165, 1.54) is 5.56 Å². The second-order valence-electron chi connectivity index (χ2n) is 4.87. The second-order valence-corrected chi connectivity index (χ2v) is 5.31. The van der Waals surface area contributed by atoms with E-state index in [1.54, 1.807) is 6.92 Å². The van der Waals surface area contributed by atoms with E-state index in [9.17, 15) is 4.79 Å². The van der Waals surface area contributed by atoms with Crippen molar-refractivity contribution < 1.29 is 4.79 Å². The molecule has 0 aliphatic carbocycles. The quantitative estimate of drug-likeness (QED) is 0.647. The van der Waals surface area contributed by atoms with Crippen LogP contribution in [0.5, 0.6) is 0 Å². The number of hydrogen-bond donors (Lipinski definition) is 0. The van der Waals surface area contributed by atoms with Gasteiger partial charge in [-0.05, 0) is 30.7 Å². The molecule has 3 heteroatoms. The van der Waals surface area contributed by atoms with E-state index in [0.717, 1.165) is 23.0 Å². The predicted octanol–water partition coefficient (Wildman–Crippen LogP) is 4.55. The van der Waals surface area contributed by atoms with Crippen molar-refractivity contribution in [2.75, 3.05) is 0 Å². The van der Waals surface area contributed by atoms with Crippen LogP contribution in [0, 0.1) is 0 Å². The van der Waals surface area contributed by atoms with Crippen LogP contribution in [0.3, 0.4) is 0 Å². The first-order valence-electron chi connectivity index (χ1n) is 6.48. The van der Waals surface area contributed by atoms with E-state index < -0.39 is 0 Å². The number of hydrogen-bond acceptors (Lipinski definition) is 1. The molecule has 0 N–H and O–H groups in total. The van der Waals surface area contributed by atoms with Crippen LogP contribution >= 0.6 is 11.6 Å². The summed E-state index contributed by atoms with van der Waals surface area (Å²) in [5.74, 6) is 0.0593. The third-order valence-electron chi connectivity index (χ3n) is 3.42. The molecule has 2 nitrogen and oxygen atoms in total. The topological polar surface area (TPSA) is 22.0 Å². The molecule has 3 rings (SSSR count). The van der Waals surface area contributed by atoms with Crippen molar-refractivity contribution in [3.8, 4) is 0 Å². The number of carbonyl (C=O) groups is 1. The molecule has 3 aromatic rings. The van der Waals surface area contributed by atoms with Gasteiger partial charge >= 0.3 is 0 Å². The Morgan fingerprint density at radius 3 is 2.60 bits per heavy atom. The van der Waals surface area contributed by atoms with Crippen molar-refractivity contribution >= 4 is 28.3 Å². The maximum atomic E-state index is 11.8. The Morgan fingerprint density at radius 2 is 1.90 bits per heavy atom. The minimum Gasteiger partial charge on any atom is -0.342 e. The molecule has 0 bridgehead atoms. The van der Waals surface area contributed by atoms with Crippen LogP contribution in [0.4, 0.5) is 0 Å². The Balaban J connectivity index is 2.14. The lowest BCUT2D eigenvalue weighted by Gasteiger charge is -2.05. The SMILES string of the molecule is CC(=O)c1cn(Cc2ccccc2)c2ccc(Cl)cc12. The van der Waals surface area contributed by atoms with Gasteiger partial charge in [-0.3, -0.25) is 4.79 Å². The van der Waals surface area contributed by atoms with Crippen LogP contribution in [-0.2, 0) is 6.54 Å². The molecule has 0 fully saturated rings. The highest BCUT2D eigenvalue weighted by molar-refractivity contribution is 6.31. The van der Waals surface area contributed by atoms with Gasteiger partial charge in [0.2, 0.25) is 0 Å². The number of benzene rings is 2. The highest BCUT2D eigenvalue weighted by Crippen LogP contribution is 2.26. The zero-order valence-electron chi connectivity index (χ0n) is 11.1. The average Bonchev–Trinajstić information content (AvgIpc) is 2.78. The molecule has 0 aliphatic rings. The van der Waals surface area contributed by atoms with E-state index in [0.29, 0.717) is 5.02 Å². The molecule has 2 aromatic carbocycles. The van der Waals surface area contributed by atoms with Gasteiger partial charge in [0.05, 0.1) is 0 Å². The molecule has 1 aromatic heterocycles. The van der Waals surface area contributed by atoms with Gasteiger partial charge in [-0.2, -0.15) is 0 Å². The van der Waals surface area contributed by atoms with Crippen molar-refractivity contribution in [3.63, 3.8) is 0 Å². The molecular weight excluding hydrogens is 270 g/mol. The third kappa shape index (κ3) is 2.35. The Morgan fingerprint density at radius 1 is 1.15 bits per heavy atom. The summed E-state index contributed by atoms with van der Waals surface area (Å²) in [6.45, 7) is 2.33. The number of ketones is 1. The van der Waals surface area contributed by atoms with E-state index in [4.69, 9.17) is 11.6 Å². The molecule has 0 atom stereocenters. The highest BCUT2D eigenvalue weighted by Gasteiger charge is 2.12. The maximum absolute atomic E-state index is 11.8. The summed E-state index contributed by atoms with van der Waals surface area (Å²) in [6.07, 6.45) is 1.91. The Bertz CT molecular complexity index is 774. The second kappa shape index (κ2) is 5.14. The summed E-state index contributed by atoms with van der Waals surface area (Å²) in [5.41, 5.74) is 2.95. The normalized spacial score (nSPS) is 10.9. The maximum Gasteiger partial charge on any atom is 0.161 e. The summed E-state index contributed by atoms with van der Waals surface area (Å²) in [4.78, 5) is 11.8. The minimum absolute atomic E-state index is 0.0593. The summed E-state index contributed by atoms with van der Waals surface area (Å²) >= 11 is 6.04. The van der Waals surface area contributed by atoms with E-state index >= 15 is 0 Å². The number of halogens is 1. The number of fused-ring (bicyclic) bond motifs is 1. The molecule has 0 radical (unpaired) electrons. The molecular formula is C17H14ClNO. The third-order valence-corrected chi connectivity index (χ3v) is 3.65. The highest BCUT2D eigenvalue weighted by atomic mass is 35.5. The first-order chi connectivity index (χ1) is 9.65. The summed E-state index contributed by atoms with van der Waals surface area (Å²) < 4.78 is 2.09. The molecule has 0 unspecified atom stereocenters. The number of carbonyl (C=O) groups excluding carboxylic acids is 1. The number of aromatic nitrogens is 1. The van der Waals surface area contributed by atoms with Gasteiger partial charge in [0, 0.05) is 34.2 Å².